The van der Waals surface area contributed by atoms with Crippen molar-refractivity contribution in [2.45, 2.75) is 26.2 Å². The maximum absolute atomic E-state index is 4.41. The average Bonchev–Trinajstić information content (AvgIpc) is 2.18. The van der Waals surface area contributed by atoms with Crippen LogP contribution < -0.4 is 5.32 Å². The van der Waals surface area contributed by atoms with Crippen LogP contribution in [-0.2, 0) is 0 Å². The smallest absolute Gasteiger partial charge is 0.0447 e. The van der Waals surface area contributed by atoms with Gasteiger partial charge in [-0.15, -0.1) is 0 Å². The monoisotopic (exact) mass is 192 g/mol. The summed E-state index contributed by atoms with van der Waals surface area (Å²) in [7, 11) is 2.00. The van der Waals surface area contributed by atoms with E-state index in [1.807, 2.05) is 19.3 Å². The van der Waals surface area contributed by atoms with Crippen molar-refractivity contribution < 1.29 is 0 Å². The summed E-state index contributed by atoms with van der Waals surface area (Å²) >= 11 is 0. The van der Waals surface area contributed by atoms with Gasteiger partial charge in [-0.2, -0.15) is 0 Å². The first-order chi connectivity index (χ1) is 6.74. The summed E-state index contributed by atoms with van der Waals surface area (Å²) in [5.74, 6) is 1.26. The molecule has 0 fully saturated rings. The van der Waals surface area contributed by atoms with Gasteiger partial charge < -0.3 is 5.32 Å². The lowest BCUT2D eigenvalue weighted by Crippen LogP contribution is -2.19. The van der Waals surface area contributed by atoms with Crippen molar-refractivity contribution in [3.8, 4) is 0 Å². The highest BCUT2D eigenvalue weighted by Gasteiger charge is 2.12. The Morgan fingerprint density at radius 2 is 2.14 bits per heavy atom. The van der Waals surface area contributed by atoms with Crippen molar-refractivity contribution in [3.05, 3.63) is 30.1 Å². The lowest BCUT2D eigenvalue weighted by molar-refractivity contribution is 0.476. The Hall–Kier alpha value is -0.890. The van der Waals surface area contributed by atoms with E-state index in [4.69, 9.17) is 0 Å². The minimum atomic E-state index is 0.543. The number of pyridine rings is 1. The van der Waals surface area contributed by atoms with E-state index in [0.717, 1.165) is 12.5 Å². The molecule has 0 bridgehead atoms. The molecular weight excluding hydrogens is 172 g/mol. The average molecular weight is 192 g/mol. The van der Waals surface area contributed by atoms with Crippen LogP contribution in [0.1, 0.15) is 31.9 Å². The second kappa shape index (κ2) is 5.76. The Labute approximate surface area is 86.8 Å². The number of likely N-dealkylation sites (N-methyl/N-ethyl adjacent to an activating group) is 1. The van der Waals surface area contributed by atoms with Crippen molar-refractivity contribution in [3.63, 3.8) is 0 Å². The van der Waals surface area contributed by atoms with Crippen LogP contribution in [0.15, 0.2) is 24.4 Å². The van der Waals surface area contributed by atoms with Crippen LogP contribution in [0.4, 0.5) is 0 Å². The van der Waals surface area contributed by atoms with E-state index in [-0.39, 0.29) is 0 Å². The number of hydrogen-bond donors (Lipinski definition) is 1. The van der Waals surface area contributed by atoms with E-state index in [1.165, 1.54) is 12.1 Å². The van der Waals surface area contributed by atoms with Crippen molar-refractivity contribution >= 4 is 0 Å². The molecule has 0 aliphatic carbocycles. The number of rotatable bonds is 5. The standard InChI is InChI=1S/C12H20N2/c1-10(2)8-11(9-13-3)12-6-4-5-7-14-12/h4-7,10-11,13H,8-9H2,1-3H3. The first-order valence-corrected chi connectivity index (χ1v) is 5.29. The van der Waals surface area contributed by atoms with E-state index in [0.29, 0.717) is 5.92 Å². The molecule has 1 aromatic rings. The number of nitrogens with zero attached hydrogens (tertiary/aromatic N) is 1. The lowest BCUT2D eigenvalue weighted by Gasteiger charge is -2.17. The zero-order valence-corrected chi connectivity index (χ0v) is 9.33. The van der Waals surface area contributed by atoms with Crippen molar-refractivity contribution in [2.24, 2.45) is 5.92 Å². The van der Waals surface area contributed by atoms with Gasteiger partial charge in [-0.25, -0.2) is 0 Å². The molecule has 0 spiro atoms. The van der Waals surface area contributed by atoms with E-state index in [9.17, 15) is 0 Å². The van der Waals surface area contributed by atoms with Gasteiger partial charge in [0.1, 0.15) is 0 Å². The molecule has 1 aromatic heterocycles. The van der Waals surface area contributed by atoms with Gasteiger partial charge in [-0.05, 0) is 31.5 Å². The lowest BCUT2D eigenvalue weighted by atomic mass is 9.94. The van der Waals surface area contributed by atoms with E-state index >= 15 is 0 Å². The minimum absolute atomic E-state index is 0.543. The molecule has 1 atom stereocenters. The van der Waals surface area contributed by atoms with Crippen LogP contribution in [0.3, 0.4) is 0 Å². The fourth-order valence-corrected chi connectivity index (χ4v) is 1.74. The highest BCUT2D eigenvalue weighted by Crippen LogP contribution is 2.20. The van der Waals surface area contributed by atoms with E-state index in [1.54, 1.807) is 0 Å². The molecule has 1 N–H and O–H groups in total. The van der Waals surface area contributed by atoms with Gasteiger partial charge in [-0.1, -0.05) is 19.9 Å². The summed E-state index contributed by atoms with van der Waals surface area (Å²) in [6.07, 6.45) is 3.07. The number of aromatic nitrogens is 1. The molecule has 14 heavy (non-hydrogen) atoms. The second-order valence-electron chi connectivity index (χ2n) is 4.14. The summed E-state index contributed by atoms with van der Waals surface area (Å²) in [4.78, 5) is 4.41. The summed E-state index contributed by atoms with van der Waals surface area (Å²) in [5.41, 5.74) is 1.20. The summed E-state index contributed by atoms with van der Waals surface area (Å²) in [5, 5.41) is 3.23. The summed E-state index contributed by atoms with van der Waals surface area (Å²) < 4.78 is 0. The Morgan fingerprint density at radius 1 is 1.36 bits per heavy atom. The van der Waals surface area contributed by atoms with Crippen LogP contribution in [-0.4, -0.2) is 18.6 Å². The van der Waals surface area contributed by atoms with Gasteiger partial charge in [0.15, 0.2) is 0 Å². The van der Waals surface area contributed by atoms with Crippen LogP contribution in [0.25, 0.3) is 0 Å². The Morgan fingerprint density at radius 3 is 2.64 bits per heavy atom. The number of hydrogen-bond acceptors (Lipinski definition) is 2. The Kier molecular flexibility index (Phi) is 4.60. The predicted molar refractivity (Wildman–Crippen MR) is 60.4 cm³/mol. The molecule has 1 unspecified atom stereocenters. The molecule has 0 radical (unpaired) electrons. The molecule has 1 heterocycles. The van der Waals surface area contributed by atoms with E-state index < -0.39 is 0 Å². The van der Waals surface area contributed by atoms with Gasteiger partial charge in [0.25, 0.3) is 0 Å². The molecular formula is C12H20N2. The van der Waals surface area contributed by atoms with Crippen LogP contribution in [0, 0.1) is 5.92 Å². The second-order valence-corrected chi connectivity index (χ2v) is 4.14. The summed E-state index contributed by atoms with van der Waals surface area (Å²) in [6, 6.07) is 6.14. The topological polar surface area (TPSA) is 24.9 Å². The van der Waals surface area contributed by atoms with Crippen molar-refractivity contribution in [2.75, 3.05) is 13.6 Å². The zero-order chi connectivity index (χ0) is 10.4. The van der Waals surface area contributed by atoms with Crippen molar-refractivity contribution in [1.29, 1.82) is 0 Å². The summed E-state index contributed by atoms with van der Waals surface area (Å²) in [6.45, 7) is 5.52. The number of nitrogens with one attached hydrogen (secondary N) is 1. The molecule has 0 aliphatic heterocycles. The van der Waals surface area contributed by atoms with Gasteiger partial charge in [0.2, 0.25) is 0 Å². The molecule has 0 saturated heterocycles. The molecule has 0 amide bonds. The van der Waals surface area contributed by atoms with Crippen LogP contribution in [0.2, 0.25) is 0 Å². The third-order valence-corrected chi connectivity index (χ3v) is 2.31. The fraction of sp³-hybridized carbons (Fsp3) is 0.583. The Balaban J connectivity index is 2.67. The SMILES string of the molecule is CNCC(CC(C)C)c1ccccn1. The molecule has 0 saturated carbocycles. The van der Waals surface area contributed by atoms with Crippen LogP contribution >= 0.6 is 0 Å². The molecule has 1 rings (SSSR count). The van der Waals surface area contributed by atoms with Crippen LogP contribution in [0.5, 0.6) is 0 Å². The molecule has 78 valence electrons. The van der Waals surface area contributed by atoms with Gasteiger partial charge in [0, 0.05) is 24.4 Å². The molecule has 2 nitrogen and oxygen atoms in total. The van der Waals surface area contributed by atoms with Gasteiger partial charge in [0.05, 0.1) is 0 Å². The maximum atomic E-state index is 4.41. The van der Waals surface area contributed by atoms with Crippen molar-refractivity contribution in [1.82, 2.24) is 10.3 Å². The third kappa shape index (κ3) is 3.46. The largest absolute Gasteiger partial charge is 0.319 e. The first kappa shape index (κ1) is 11.2. The minimum Gasteiger partial charge on any atom is -0.319 e. The quantitative estimate of drug-likeness (QED) is 0.775. The maximum Gasteiger partial charge on any atom is 0.0447 e. The predicted octanol–water partition coefficient (Wildman–Crippen LogP) is 2.43. The highest BCUT2D eigenvalue weighted by atomic mass is 14.8. The molecule has 0 aliphatic rings. The fourth-order valence-electron chi connectivity index (χ4n) is 1.74. The third-order valence-electron chi connectivity index (χ3n) is 2.31. The van der Waals surface area contributed by atoms with E-state index in [2.05, 4.69) is 36.3 Å². The first-order valence-electron chi connectivity index (χ1n) is 5.29. The van der Waals surface area contributed by atoms with Gasteiger partial charge >= 0.3 is 0 Å². The normalized spacial score (nSPS) is 13.1. The Bertz CT molecular complexity index is 244. The highest BCUT2D eigenvalue weighted by molar-refractivity contribution is 5.10. The molecule has 0 aromatic carbocycles. The molecule has 2 heteroatoms. The van der Waals surface area contributed by atoms with Gasteiger partial charge in [-0.3, -0.25) is 4.98 Å². The zero-order valence-electron chi connectivity index (χ0n) is 9.33.